The second-order valence-corrected chi connectivity index (χ2v) is 2.17. The molecular formula is C8H10FNO. The van der Waals surface area contributed by atoms with Gasteiger partial charge in [0.2, 0.25) is 0 Å². The largest absolute Gasteiger partial charge is 0.503 e. The van der Waals surface area contributed by atoms with Gasteiger partial charge in [0.25, 0.3) is 0 Å². The number of anilines is 1. The van der Waals surface area contributed by atoms with Crippen LogP contribution in [0.4, 0.5) is 10.1 Å². The summed E-state index contributed by atoms with van der Waals surface area (Å²) < 4.78 is 12.6. The fourth-order valence-electron chi connectivity index (χ4n) is 0.848. The van der Waals surface area contributed by atoms with Gasteiger partial charge in [-0.2, -0.15) is 0 Å². The van der Waals surface area contributed by atoms with Gasteiger partial charge in [0.15, 0.2) is 11.6 Å². The lowest BCUT2D eigenvalue weighted by Crippen LogP contribution is -1.96. The van der Waals surface area contributed by atoms with Gasteiger partial charge in [-0.1, -0.05) is 6.07 Å². The highest BCUT2D eigenvalue weighted by Gasteiger charge is 2.03. The minimum Gasteiger partial charge on any atom is -0.503 e. The number of aromatic hydroxyl groups is 1. The van der Waals surface area contributed by atoms with Gasteiger partial charge in [0.05, 0.1) is 5.69 Å². The molecule has 0 aromatic heterocycles. The summed E-state index contributed by atoms with van der Waals surface area (Å²) in [6, 6.07) is 4.39. The maximum atomic E-state index is 12.6. The van der Waals surface area contributed by atoms with E-state index in [1.807, 2.05) is 6.92 Å². The Bertz CT molecular complexity index is 250. The van der Waals surface area contributed by atoms with E-state index in [2.05, 4.69) is 5.32 Å². The molecule has 0 spiro atoms. The van der Waals surface area contributed by atoms with Gasteiger partial charge >= 0.3 is 0 Å². The zero-order chi connectivity index (χ0) is 8.27. The van der Waals surface area contributed by atoms with Crippen molar-refractivity contribution in [1.82, 2.24) is 0 Å². The third kappa shape index (κ3) is 1.61. The summed E-state index contributed by atoms with van der Waals surface area (Å²) >= 11 is 0. The monoisotopic (exact) mass is 155 g/mol. The van der Waals surface area contributed by atoms with Crippen LogP contribution in [0.2, 0.25) is 0 Å². The van der Waals surface area contributed by atoms with E-state index in [-0.39, 0.29) is 5.75 Å². The number of rotatable bonds is 2. The SMILES string of the molecule is CCNc1cccc(F)c1O. The molecule has 0 saturated carbocycles. The lowest BCUT2D eigenvalue weighted by molar-refractivity contribution is 0.434. The van der Waals surface area contributed by atoms with Crippen molar-refractivity contribution in [2.75, 3.05) is 11.9 Å². The Morgan fingerprint density at radius 3 is 2.91 bits per heavy atom. The first kappa shape index (κ1) is 7.85. The molecule has 60 valence electrons. The number of benzene rings is 1. The van der Waals surface area contributed by atoms with Crippen LogP contribution < -0.4 is 5.32 Å². The Hall–Kier alpha value is -1.25. The summed E-state index contributed by atoms with van der Waals surface area (Å²) in [6.07, 6.45) is 0. The van der Waals surface area contributed by atoms with Crippen LogP contribution in [0, 0.1) is 5.82 Å². The highest BCUT2D eigenvalue weighted by Crippen LogP contribution is 2.25. The van der Waals surface area contributed by atoms with Crippen LogP contribution in [0.3, 0.4) is 0 Å². The molecule has 1 rings (SSSR count). The Kier molecular flexibility index (Phi) is 2.31. The smallest absolute Gasteiger partial charge is 0.174 e. The van der Waals surface area contributed by atoms with Crippen LogP contribution in [-0.4, -0.2) is 11.7 Å². The molecule has 0 aliphatic heterocycles. The van der Waals surface area contributed by atoms with Gasteiger partial charge in [-0.15, -0.1) is 0 Å². The maximum Gasteiger partial charge on any atom is 0.174 e. The predicted octanol–water partition coefficient (Wildman–Crippen LogP) is 1.96. The molecule has 0 saturated heterocycles. The summed E-state index contributed by atoms with van der Waals surface area (Å²) in [5, 5.41) is 11.9. The second-order valence-electron chi connectivity index (χ2n) is 2.17. The van der Waals surface area contributed by atoms with E-state index < -0.39 is 5.82 Å². The highest BCUT2D eigenvalue weighted by atomic mass is 19.1. The Labute approximate surface area is 64.7 Å². The maximum absolute atomic E-state index is 12.6. The molecule has 0 radical (unpaired) electrons. The summed E-state index contributed by atoms with van der Waals surface area (Å²) in [5.41, 5.74) is 0.438. The second kappa shape index (κ2) is 3.23. The van der Waals surface area contributed by atoms with Crippen LogP contribution in [0.15, 0.2) is 18.2 Å². The first-order chi connectivity index (χ1) is 5.25. The van der Waals surface area contributed by atoms with Gasteiger partial charge in [-0.25, -0.2) is 4.39 Å². The van der Waals surface area contributed by atoms with Crippen molar-refractivity contribution >= 4 is 5.69 Å². The first-order valence-electron chi connectivity index (χ1n) is 3.47. The van der Waals surface area contributed by atoms with Crippen LogP contribution >= 0.6 is 0 Å². The van der Waals surface area contributed by atoms with Crippen molar-refractivity contribution in [3.63, 3.8) is 0 Å². The minimum absolute atomic E-state index is 0.311. The average molecular weight is 155 g/mol. The number of phenolic OH excluding ortho intramolecular Hbond substituents is 1. The van der Waals surface area contributed by atoms with E-state index in [0.29, 0.717) is 12.2 Å². The van der Waals surface area contributed by atoms with Gasteiger partial charge in [-0.3, -0.25) is 0 Å². The number of para-hydroxylation sites is 1. The third-order valence-corrected chi connectivity index (χ3v) is 1.35. The summed E-state index contributed by atoms with van der Waals surface area (Å²) in [7, 11) is 0. The van der Waals surface area contributed by atoms with Crippen molar-refractivity contribution in [2.45, 2.75) is 6.92 Å². The van der Waals surface area contributed by atoms with Gasteiger partial charge in [-0.05, 0) is 19.1 Å². The Morgan fingerprint density at radius 2 is 2.27 bits per heavy atom. The lowest BCUT2D eigenvalue weighted by Gasteiger charge is -2.04. The van der Waals surface area contributed by atoms with Crippen LogP contribution in [-0.2, 0) is 0 Å². The lowest BCUT2D eigenvalue weighted by atomic mass is 10.3. The normalized spacial score (nSPS) is 9.64. The van der Waals surface area contributed by atoms with E-state index in [9.17, 15) is 4.39 Å². The quantitative estimate of drug-likeness (QED) is 0.640. The van der Waals surface area contributed by atoms with Gasteiger partial charge < -0.3 is 10.4 Å². The Morgan fingerprint density at radius 1 is 1.55 bits per heavy atom. The fourth-order valence-corrected chi connectivity index (χ4v) is 0.848. The van der Waals surface area contributed by atoms with E-state index in [1.54, 1.807) is 12.1 Å². The standard InChI is InChI=1S/C8H10FNO/c1-2-10-7-5-3-4-6(9)8(7)11/h3-5,10-11H,2H2,1H3. The average Bonchev–Trinajstić information content (AvgIpc) is 1.99. The molecule has 0 bridgehead atoms. The summed E-state index contributed by atoms with van der Waals surface area (Å²) in [6.45, 7) is 2.54. The molecule has 0 fully saturated rings. The van der Waals surface area contributed by atoms with Crippen molar-refractivity contribution in [3.05, 3.63) is 24.0 Å². The molecule has 0 atom stereocenters. The Balaban J connectivity index is 2.96. The molecule has 1 aromatic carbocycles. The van der Waals surface area contributed by atoms with Crippen LogP contribution in [0.25, 0.3) is 0 Å². The highest BCUT2D eigenvalue weighted by molar-refractivity contribution is 5.55. The van der Waals surface area contributed by atoms with E-state index in [1.165, 1.54) is 6.07 Å². The van der Waals surface area contributed by atoms with Crippen LogP contribution in [0.1, 0.15) is 6.92 Å². The number of halogens is 1. The molecule has 2 N–H and O–H groups in total. The molecule has 0 aliphatic carbocycles. The van der Waals surface area contributed by atoms with Gasteiger partial charge in [0, 0.05) is 6.54 Å². The van der Waals surface area contributed by atoms with Crippen molar-refractivity contribution in [3.8, 4) is 5.75 Å². The molecule has 2 nitrogen and oxygen atoms in total. The molecule has 0 aliphatic rings. The molecule has 0 heterocycles. The predicted molar refractivity (Wildman–Crippen MR) is 42.2 cm³/mol. The topological polar surface area (TPSA) is 32.3 Å². The molecule has 1 aromatic rings. The minimum atomic E-state index is -0.594. The molecule has 3 heteroatoms. The van der Waals surface area contributed by atoms with E-state index >= 15 is 0 Å². The van der Waals surface area contributed by atoms with Crippen molar-refractivity contribution < 1.29 is 9.50 Å². The van der Waals surface area contributed by atoms with Crippen molar-refractivity contribution in [2.24, 2.45) is 0 Å². The number of nitrogens with one attached hydrogen (secondary N) is 1. The molecule has 11 heavy (non-hydrogen) atoms. The van der Waals surface area contributed by atoms with Crippen LogP contribution in [0.5, 0.6) is 5.75 Å². The fraction of sp³-hybridized carbons (Fsp3) is 0.250. The molecule has 0 amide bonds. The van der Waals surface area contributed by atoms with E-state index in [0.717, 1.165) is 0 Å². The first-order valence-corrected chi connectivity index (χ1v) is 3.47. The number of hydrogen-bond donors (Lipinski definition) is 2. The summed E-state index contributed by atoms with van der Waals surface area (Å²) in [4.78, 5) is 0. The number of hydrogen-bond acceptors (Lipinski definition) is 2. The van der Waals surface area contributed by atoms with Crippen molar-refractivity contribution in [1.29, 1.82) is 0 Å². The number of phenols is 1. The zero-order valence-electron chi connectivity index (χ0n) is 6.26. The van der Waals surface area contributed by atoms with Gasteiger partial charge in [0.1, 0.15) is 0 Å². The zero-order valence-corrected chi connectivity index (χ0v) is 6.26. The summed E-state index contributed by atoms with van der Waals surface area (Å²) in [5.74, 6) is -0.905. The molecular weight excluding hydrogens is 145 g/mol. The van der Waals surface area contributed by atoms with E-state index in [4.69, 9.17) is 5.11 Å². The third-order valence-electron chi connectivity index (χ3n) is 1.35. The molecule has 0 unspecified atom stereocenters.